The molecule has 1 aliphatic rings. The van der Waals surface area contributed by atoms with E-state index in [-0.39, 0.29) is 5.91 Å². The molecule has 0 unspecified atom stereocenters. The highest BCUT2D eigenvalue weighted by molar-refractivity contribution is 6.09. The van der Waals surface area contributed by atoms with E-state index in [9.17, 15) is 4.79 Å². The fraction of sp³-hybridized carbons (Fsp3) is 0.111. The predicted molar refractivity (Wildman–Crippen MR) is 123 cm³/mol. The van der Waals surface area contributed by atoms with Gasteiger partial charge in [-0.05, 0) is 66.8 Å². The van der Waals surface area contributed by atoms with E-state index >= 15 is 0 Å². The van der Waals surface area contributed by atoms with E-state index < -0.39 is 0 Å². The molecule has 2 aromatic heterocycles. The van der Waals surface area contributed by atoms with Gasteiger partial charge in [0.15, 0.2) is 0 Å². The first-order valence-corrected chi connectivity index (χ1v) is 10.6. The van der Waals surface area contributed by atoms with Crippen LogP contribution in [0.3, 0.4) is 0 Å². The van der Waals surface area contributed by atoms with Crippen LogP contribution >= 0.6 is 0 Å². The number of nitrogens with one attached hydrogen (secondary N) is 1. The van der Waals surface area contributed by atoms with E-state index in [1.807, 2.05) is 48.5 Å². The summed E-state index contributed by atoms with van der Waals surface area (Å²) in [4.78, 5) is 17.3. The van der Waals surface area contributed by atoms with E-state index in [1.165, 1.54) is 17.5 Å². The Bertz CT molecular complexity index is 1450. The zero-order valence-corrected chi connectivity index (χ0v) is 16.9. The molecule has 0 radical (unpaired) electrons. The summed E-state index contributed by atoms with van der Waals surface area (Å²) in [5, 5.41) is 5.15. The van der Waals surface area contributed by atoms with Crippen LogP contribution in [0.5, 0.6) is 0 Å². The fourth-order valence-electron chi connectivity index (χ4n) is 4.49. The summed E-state index contributed by atoms with van der Waals surface area (Å²) in [5.41, 5.74) is 7.46. The third-order valence-corrected chi connectivity index (χ3v) is 6.06. The number of amides is 1. The van der Waals surface area contributed by atoms with E-state index in [1.54, 1.807) is 6.20 Å². The summed E-state index contributed by atoms with van der Waals surface area (Å²) in [5.74, 6) is -0.154. The summed E-state index contributed by atoms with van der Waals surface area (Å²) in [6.07, 6.45) is 5.03. The Labute approximate surface area is 179 Å². The first-order valence-electron chi connectivity index (χ1n) is 10.6. The van der Waals surface area contributed by atoms with E-state index in [0.717, 1.165) is 51.7 Å². The van der Waals surface area contributed by atoms with E-state index in [0.29, 0.717) is 5.56 Å². The van der Waals surface area contributed by atoms with Gasteiger partial charge in [-0.15, -0.1) is 0 Å². The van der Waals surface area contributed by atoms with Crippen molar-refractivity contribution in [3.8, 4) is 11.3 Å². The number of carbonyl (C=O) groups is 1. The molecule has 2 heterocycles. The van der Waals surface area contributed by atoms with Gasteiger partial charge in [-0.1, -0.05) is 36.4 Å². The Morgan fingerprint density at radius 3 is 2.65 bits per heavy atom. The minimum Gasteiger partial charge on any atom is -0.455 e. The molecule has 150 valence electrons. The third-order valence-electron chi connectivity index (χ3n) is 6.06. The molecule has 31 heavy (non-hydrogen) atoms. The number of pyridine rings is 1. The first kappa shape index (κ1) is 17.9. The van der Waals surface area contributed by atoms with Crippen molar-refractivity contribution in [2.24, 2.45) is 0 Å². The normalized spacial score (nSPS) is 12.9. The van der Waals surface area contributed by atoms with Crippen molar-refractivity contribution >= 4 is 33.5 Å². The minimum atomic E-state index is -0.154. The lowest BCUT2D eigenvalue weighted by Crippen LogP contribution is -2.12. The summed E-state index contributed by atoms with van der Waals surface area (Å²) in [6, 6.07) is 23.9. The number of para-hydroxylation sites is 2. The lowest BCUT2D eigenvalue weighted by Gasteiger charge is -2.08. The maximum Gasteiger partial charge on any atom is 0.257 e. The topological polar surface area (TPSA) is 55.1 Å². The molecule has 1 amide bonds. The zero-order valence-electron chi connectivity index (χ0n) is 16.9. The van der Waals surface area contributed by atoms with Crippen LogP contribution in [0.1, 0.15) is 27.9 Å². The molecule has 1 aliphatic carbocycles. The molecular weight excluding hydrogens is 384 g/mol. The number of nitrogens with zero attached hydrogens (tertiary/aromatic N) is 1. The number of rotatable bonds is 3. The van der Waals surface area contributed by atoms with Crippen molar-refractivity contribution in [1.82, 2.24) is 4.98 Å². The van der Waals surface area contributed by atoms with Crippen molar-refractivity contribution in [1.29, 1.82) is 0 Å². The van der Waals surface area contributed by atoms with Crippen molar-refractivity contribution in [2.75, 3.05) is 5.32 Å². The van der Waals surface area contributed by atoms with Crippen molar-refractivity contribution < 1.29 is 9.21 Å². The molecule has 0 atom stereocenters. The quantitative estimate of drug-likeness (QED) is 0.379. The van der Waals surface area contributed by atoms with Gasteiger partial charge in [0.05, 0.1) is 11.3 Å². The number of aryl methyl sites for hydroxylation is 2. The first-order chi connectivity index (χ1) is 15.3. The summed E-state index contributed by atoms with van der Waals surface area (Å²) < 4.78 is 6.11. The summed E-state index contributed by atoms with van der Waals surface area (Å²) in [7, 11) is 0. The maximum absolute atomic E-state index is 12.7. The number of hydrogen-bond acceptors (Lipinski definition) is 3. The van der Waals surface area contributed by atoms with Crippen LogP contribution in [-0.4, -0.2) is 10.9 Å². The standard InChI is InChI=1S/C27H20N2O2/c30-27(29-20-13-11-17-5-3-6-18(17)15-20)19-12-14-24(28-16-19)23-9-4-8-22-21-7-1-2-10-25(21)31-26(22)23/h1-2,4,7-16H,3,5-6H2,(H,29,30). The van der Waals surface area contributed by atoms with E-state index in [4.69, 9.17) is 4.42 Å². The van der Waals surface area contributed by atoms with Gasteiger partial charge in [-0.2, -0.15) is 0 Å². The van der Waals surface area contributed by atoms with Gasteiger partial charge in [-0.25, -0.2) is 0 Å². The molecule has 6 rings (SSSR count). The van der Waals surface area contributed by atoms with Crippen LogP contribution in [0.4, 0.5) is 5.69 Å². The van der Waals surface area contributed by atoms with Gasteiger partial charge in [0.25, 0.3) is 5.91 Å². The van der Waals surface area contributed by atoms with Crippen LogP contribution in [0.15, 0.2) is 83.4 Å². The fourth-order valence-corrected chi connectivity index (χ4v) is 4.49. The average Bonchev–Trinajstić information content (AvgIpc) is 3.43. The number of furan rings is 1. The molecule has 1 N–H and O–H groups in total. The molecule has 4 nitrogen and oxygen atoms in total. The van der Waals surface area contributed by atoms with Gasteiger partial charge in [0, 0.05) is 28.2 Å². The van der Waals surface area contributed by atoms with Crippen LogP contribution in [0.2, 0.25) is 0 Å². The molecular formula is C27H20N2O2. The number of carbonyl (C=O) groups excluding carboxylic acids is 1. The molecule has 0 saturated heterocycles. The largest absolute Gasteiger partial charge is 0.455 e. The predicted octanol–water partition coefficient (Wildman–Crippen LogP) is 6.39. The monoisotopic (exact) mass is 404 g/mol. The molecule has 0 aliphatic heterocycles. The Balaban J connectivity index is 1.30. The second-order valence-corrected chi connectivity index (χ2v) is 8.00. The number of hydrogen-bond donors (Lipinski definition) is 1. The highest BCUT2D eigenvalue weighted by atomic mass is 16.3. The van der Waals surface area contributed by atoms with Gasteiger partial charge in [-0.3, -0.25) is 9.78 Å². The molecule has 0 fully saturated rings. The van der Waals surface area contributed by atoms with Crippen LogP contribution in [0, 0.1) is 0 Å². The molecule has 0 bridgehead atoms. The van der Waals surface area contributed by atoms with Gasteiger partial charge >= 0.3 is 0 Å². The lowest BCUT2D eigenvalue weighted by molar-refractivity contribution is 0.102. The average molecular weight is 404 g/mol. The lowest BCUT2D eigenvalue weighted by atomic mass is 10.1. The Morgan fingerprint density at radius 1 is 0.871 bits per heavy atom. The Kier molecular flexibility index (Phi) is 4.10. The van der Waals surface area contributed by atoms with E-state index in [2.05, 4.69) is 34.6 Å². The molecule has 0 saturated carbocycles. The van der Waals surface area contributed by atoms with Crippen molar-refractivity contribution in [3.63, 3.8) is 0 Å². The maximum atomic E-state index is 12.7. The number of fused-ring (bicyclic) bond motifs is 4. The Hall–Kier alpha value is -3.92. The SMILES string of the molecule is O=C(Nc1ccc2c(c1)CCC2)c1ccc(-c2cccc3c2oc2ccccc23)nc1. The molecule has 5 aromatic rings. The summed E-state index contributed by atoms with van der Waals surface area (Å²) in [6.45, 7) is 0. The van der Waals surface area contributed by atoms with Gasteiger partial charge in [0.1, 0.15) is 11.2 Å². The van der Waals surface area contributed by atoms with Crippen LogP contribution in [-0.2, 0) is 12.8 Å². The highest BCUT2D eigenvalue weighted by Gasteiger charge is 2.15. The second-order valence-electron chi connectivity index (χ2n) is 8.00. The van der Waals surface area contributed by atoms with Crippen molar-refractivity contribution in [3.05, 3.63) is 95.7 Å². The van der Waals surface area contributed by atoms with Crippen LogP contribution in [0.25, 0.3) is 33.2 Å². The Morgan fingerprint density at radius 2 is 1.74 bits per heavy atom. The van der Waals surface area contributed by atoms with Gasteiger partial charge in [0.2, 0.25) is 0 Å². The molecule has 3 aromatic carbocycles. The minimum absolute atomic E-state index is 0.154. The second kappa shape index (κ2) is 7.10. The summed E-state index contributed by atoms with van der Waals surface area (Å²) >= 11 is 0. The third kappa shape index (κ3) is 3.08. The highest BCUT2D eigenvalue weighted by Crippen LogP contribution is 2.35. The molecule has 0 spiro atoms. The zero-order chi connectivity index (χ0) is 20.8. The van der Waals surface area contributed by atoms with Crippen molar-refractivity contribution in [2.45, 2.75) is 19.3 Å². The molecule has 4 heteroatoms. The van der Waals surface area contributed by atoms with Crippen LogP contribution < -0.4 is 5.32 Å². The smallest absolute Gasteiger partial charge is 0.257 e. The number of anilines is 1. The number of benzene rings is 3. The van der Waals surface area contributed by atoms with Gasteiger partial charge < -0.3 is 9.73 Å². The number of aromatic nitrogens is 1.